The number of para-hydroxylation sites is 1. The van der Waals surface area contributed by atoms with Gasteiger partial charge in [0, 0.05) is 0 Å². The Morgan fingerprint density at radius 2 is 1.50 bits per heavy atom. The van der Waals surface area contributed by atoms with Crippen molar-refractivity contribution in [3.8, 4) is 0 Å². The number of hydrogen-bond donors (Lipinski definition) is 1. The molecule has 18 heavy (non-hydrogen) atoms. The molecule has 0 bridgehead atoms. The molecule has 0 spiro atoms. The van der Waals surface area contributed by atoms with E-state index in [0.29, 0.717) is 5.32 Å². The van der Waals surface area contributed by atoms with Crippen molar-refractivity contribution in [1.82, 2.24) is 5.32 Å². The second-order valence-corrected chi connectivity index (χ2v) is 3.45. The molecule has 0 unspecified atom stereocenters. The number of nitrogens with zero attached hydrogens (tertiary/aromatic N) is 1. The van der Waals surface area contributed by atoms with Gasteiger partial charge in [0.2, 0.25) is 0 Å². The van der Waals surface area contributed by atoms with E-state index in [4.69, 9.17) is 0 Å². The predicted molar refractivity (Wildman–Crippen MR) is 56.8 cm³/mol. The van der Waals surface area contributed by atoms with Crippen molar-refractivity contribution >= 4 is 23.0 Å². The molecular weight excluding hydrogens is 282 g/mol. The van der Waals surface area contributed by atoms with Crippen molar-refractivity contribution in [3.05, 3.63) is 30.3 Å². The third-order valence-electron chi connectivity index (χ3n) is 1.72. The molecule has 0 aliphatic rings. The molecule has 1 rings (SSSR count). The molecule has 0 radical (unpaired) electrons. The summed E-state index contributed by atoms with van der Waals surface area (Å²) in [4.78, 5) is -0.560. The maximum atomic E-state index is 12.7. The van der Waals surface area contributed by atoms with Crippen molar-refractivity contribution in [2.75, 3.05) is 4.90 Å². The first kappa shape index (κ1) is 14.6. The van der Waals surface area contributed by atoms with Gasteiger partial charge in [-0.2, -0.15) is 13.2 Å². The Bertz CT molecular complexity index is 413. The second kappa shape index (κ2) is 5.01. The highest BCUT2D eigenvalue weighted by atomic mass is 32.1. The van der Waals surface area contributed by atoms with Crippen molar-refractivity contribution in [2.45, 2.75) is 12.6 Å². The summed E-state index contributed by atoms with van der Waals surface area (Å²) in [6.07, 6.45) is -10.1. The first-order chi connectivity index (χ1) is 8.11. The average molecular weight is 288 g/mol. The van der Waals surface area contributed by atoms with Gasteiger partial charge in [-0.3, -0.25) is 5.32 Å². The standard InChI is InChI=1S/C9H6F6N2S/c10-8(11,12)16-7(18)17(9(13,14)15)6-4-2-1-3-5-6/h1-5H,(H,16,18). The number of halogens is 6. The van der Waals surface area contributed by atoms with Gasteiger partial charge >= 0.3 is 12.6 Å². The zero-order valence-electron chi connectivity index (χ0n) is 8.51. The third kappa shape index (κ3) is 4.06. The normalized spacial score (nSPS) is 12.1. The van der Waals surface area contributed by atoms with Crippen LogP contribution in [-0.2, 0) is 0 Å². The predicted octanol–water partition coefficient (Wildman–Crippen LogP) is 3.41. The summed E-state index contributed by atoms with van der Waals surface area (Å²) < 4.78 is 73.9. The van der Waals surface area contributed by atoms with Crippen LogP contribution in [0.4, 0.5) is 32.0 Å². The van der Waals surface area contributed by atoms with Crippen molar-refractivity contribution in [2.24, 2.45) is 0 Å². The number of alkyl halides is 6. The van der Waals surface area contributed by atoms with E-state index >= 15 is 0 Å². The van der Waals surface area contributed by atoms with Crippen molar-refractivity contribution in [1.29, 1.82) is 0 Å². The second-order valence-electron chi connectivity index (χ2n) is 3.07. The molecule has 0 aromatic heterocycles. The SMILES string of the molecule is FC(F)(F)NC(=S)N(c1ccccc1)C(F)(F)F. The summed E-state index contributed by atoms with van der Waals surface area (Å²) >= 11 is 4.13. The molecule has 0 amide bonds. The lowest BCUT2D eigenvalue weighted by atomic mass is 10.3. The third-order valence-corrected chi connectivity index (χ3v) is 2.00. The Labute approximate surface area is 103 Å². The molecule has 0 saturated heterocycles. The van der Waals surface area contributed by atoms with Gasteiger partial charge in [0.25, 0.3) is 0 Å². The minimum Gasteiger partial charge on any atom is -0.274 e. The minimum absolute atomic E-state index is 0.508. The molecule has 100 valence electrons. The summed E-state index contributed by atoms with van der Waals surface area (Å²) in [6, 6.07) is 5.93. The van der Waals surface area contributed by atoms with Gasteiger partial charge in [-0.25, -0.2) is 4.90 Å². The van der Waals surface area contributed by atoms with Gasteiger partial charge in [0.05, 0.1) is 5.69 Å². The lowest BCUT2D eigenvalue weighted by Crippen LogP contribution is -2.52. The highest BCUT2D eigenvalue weighted by Crippen LogP contribution is 2.29. The summed E-state index contributed by atoms with van der Waals surface area (Å²) in [5, 5.41) is -0.823. The Kier molecular flexibility index (Phi) is 4.05. The fourth-order valence-electron chi connectivity index (χ4n) is 1.13. The lowest BCUT2D eigenvalue weighted by molar-refractivity contribution is -0.145. The number of hydrogen-bond acceptors (Lipinski definition) is 1. The van der Waals surface area contributed by atoms with Crippen LogP contribution in [0.2, 0.25) is 0 Å². The van der Waals surface area contributed by atoms with Crippen LogP contribution >= 0.6 is 12.2 Å². The van der Waals surface area contributed by atoms with E-state index in [2.05, 4.69) is 12.2 Å². The van der Waals surface area contributed by atoms with Gasteiger partial charge < -0.3 is 0 Å². The van der Waals surface area contributed by atoms with E-state index in [1.54, 1.807) is 0 Å². The molecule has 1 aromatic carbocycles. The zero-order chi connectivity index (χ0) is 14.0. The van der Waals surface area contributed by atoms with Crippen LogP contribution in [0.25, 0.3) is 0 Å². The summed E-state index contributed by atoms with van der Waals surface area (Å²) in [5.74, 6) is 0. The fourth-order valence-corrected chi connectivity index (χ4v) is 1.46. The largest absolute Gasteiger partial charge is 0.491 e. The van der Waals surface area contributed by atoms with Crippen LogP contribution in [0.1, 0.15) is 0 Å². The highest BCUT2D eigenvalue weighted by molar-refractivity contribution is 7.80. The molecule has 0 aliphatic carbocycles. The molecule has 0 atom stereocenters. The summed E-state index contributed by atoms with van der Waals surface area (Å²) in [5.41, 5.74) is -0.508. The Morgan fingerprint density at radius 1 is 1.00 bits per heavy atom. The van der Waals surface area contributed by atoms with E-state index in [-0.39, 0.29) is 0 Å². The number of rotatable bonds is 1. The van der Waals surface area contributed by atoms with Crippen LogP contribution in [-0.4, -0.2) is 17.7 Å². The number of anilines is 1. The molecule has 2 nitrogen and oxygen atoms in total. The molecule has 0 saturated carbocycles. The first-order valence-electron chi connectivity index (χ1n) is 4.42. The van der Waals surface area contributed by atoms with Gasteiger partial charge in [0.1, 0.15) is 0 Å². The van der Waals surface area contributed by atoms with Crippen LogP contribution in [0.15, 0.2) is 30.3 Å². The topological polar surface area (TPSA) is 15.3 Å². The number of benzene rings is 1. The number of thiocarbonyl (C=S) groups is 1. The molecule has 0 fully saturated rings. The lowest BCUT2D eigenvalue weighted by Gasteiger charge is -2.28. The van der Waals surface area contributed by atoms with Crippen molar-refractivity contribution in [3.63, 3.8) is 0 Å². The van der Waals surface area contributed by atoms with E-state index < -0.39 is 28.3 Å². The maximum absolute atomic E-state index is 12.7. The van der Waals surface area contributed by atoms with Gasteiger partial charge in [0.15, 0.2) is 5.11 Å². The average Bonchev–Trinajstić information content (AvgIpc) is 2.13. The molecule has 9 heteroatoms. The molecule has 1 N–H and O–H groups in total. The van der Waals surface area contributed by atoms with Crippen LogP contribution in [0.3, 0.4) is 0 Å². The quantitative estimate of drug-likeness (QED) is 0.484. The molecular formula is C9H6F6N2S. The fraction of sp³-hybridized carbons (Fsp3) is 0.222. The van der Waals surface area contributed by atoms with Crippen LogP contribution in [0.5, 0.6) is 0 Å². The Balaban J connectivity index is 3.05. The summed E-state index contributed by atoms with van der Waals surface area (Å²) in [6.45, 7) is 0. The van der Waals surface area contributed by atoms with Gasteiger partial charge in [-0.15, -0.1) is 13.2 Å². The van der Waals surface area contributed by atoms with E-state index in [9.17, 15) is 26.3 Å². The highest BCUT2D eigenvalue weighted by Gasteiger charge is 2.43. The molecule has 0 heterocycles. The van der Waals surface area contributed by atoms with E-state index in [0.717, 1.165) is 12.1 Å². The minimum atomic E-state index is -5.06. The van der Waals surface area contributed by atoms with E-state index in [1.165, 1.54) is 18.2 Å². The monoisotopic (exact) mass is 288 g/mol. The smallest absolute Gasteiger partial charge is 0.274 e. The molecule has 0 aliphatic heterocycles. The first-order valence-corrected chi connectivity index (χ1v) is 4.83. The zero-order valence-corrected chi connectivity index (χ0v) is 9.33. The molecule has 1 aromatic rings. The van der Waals surface area contributed by atoms with Crippen molar-refractivity contribution < 1.29 is 26.3 Å². The maximum Gasteiger partial charge on any atom is 0.491 e. The van der Waals surface area contributed by atoms with E-state index in [1.807, 2.05) is 0 Å². The van der Waals surface area contributed by atoms with Crippen LogP contribution < -0.4 is 10.2 Å². The number of nitrogens with one attached hydrogen (secondary N) is 1. The van der Waals surface area contributed by atoms with Crippen LogP contribution in [0, 0.1) is 0 Å². The van der Waals surface area contributed by atoms with Gasteiger partial charge in [-0.1, -0.05) is 18.2 Å². The Hall–Kier alpha value is -1.51. The van der Waals surface area contributed by atoms with Gasteiger partial charge in [-0.05, 0) is 24.4 Å². The summed E-state index contributed by atoms with van der Waals surface area (Å²) in [7, 11) is 0. The Morgan fingerprint density at radius 3 is 1.89 bits per heavy atom.